The molecular weight excluding hydrogens is 352 g/mol. The van der Waals surface area contributed by atoms with Gasteiger partial charge in [0.1, 0.15) is 11.1 Å². The predicted molar refractivity (Wildman–Crippen MR) is 104 cm³/mol. The molecule has 1 aromatic heterocycles. The second kappa shape index (κ2) is 7.86. The van der Waals surface area contributed by atoms with Crippen molar-refractivity contribution in [3.8, 4) is 6.07 Å². The number of hydrogen-bond donors (Lipinski definition) is 1. The number of fused-ring (bicyclic) bond motifs is 1. The highest BCUT2D eigenvalue weighted by Crippen LogP contribution is 2.39. The molecule has 0 bridgehead atoms. The van der Waals surface area contributed by atoms with Crippen molar-refractivity contribution in [1.29, 1.82) is 5.26 Å². The molecule has 1 unspecified atom stereocenters. The Balaban J connectivity index is 1.75. The fourth-order valence-electron chi connectivity index (χ4n) is 3.14. The lowest BCUT2D eigenvalue weighted by atomic mass is 9.86. The number of rotatable bonds is 4. The molecule has 1 aliphatic carbocycles. The number of halogens is 1. The van der Waals surface area contributed by atoms with Crippen LogP contribution in [0.5, 0.6) is 0 Å². The average molecular weight is 371 g/mol. The summed E-state index contributed by atoms with van der Waals surface area (Å²) in [5.41, 5.74) is 2.63. The van der Waals surface area contributed by atoms with Gasteiger partial charge >= 0.3 is 0 Å². The molecule has 1 amide bonds. The van der Waals surface area contributed by atoms with Crippen molar-refractivity contribution in [2.45, 2.75) is 32.6 Å². The molecule has 3 nitrogen and oxygen atoms in total. The number of thiophene rings is 1. The van der Waals surface area contributed by atoms with Crippen molar-refractivity contribution >= 4 is 39.9 Å². The SMILES string of the molecule is CCC1CCc2c(sc(NC(=O)C=Cc3cccc(Cl)c3)c2C#N)C1. The molecule has 1 aromatic carbocycles. The van der Waals surface area contributed by atoms with E-state index in [-0.39, 0.29) is 5.91 Å². The van der Waals surface area contributed by atoms with E-state index in [9.17, 15) is 10.1 Å². The molecule has 1 heterocycles. The molecule has 128 valence electrons. The van der Waals surface area contributed by atoms with Gasteiger partial charge in [-0.1, -0.05) is 37.1 Å². The Morgan fingerprint density at radius 1 is 1.52 bits per heavy atom. The van der Waals surface area contributed by atoms with Crippen molar-refractivity contribution in [2.75, 3.05) is 5.32 Å². The van der Waals surface area contributed by atoms with E-state index in [1.165, 1.54) is 11.0 Å². The molecule has 1 aliphatic rings. The van der Waals surface area contributed by atoms with Crippen molar-refractivity contribution in [3.05, 3.63) is 56.9 Å². The number of benzene rings is 1. The second-order valence-electron chi connectivity index (χ2n) is 6.21. The molecular formula is C20H19ClN2OS. The smallest absolute Gasteiger partial charge is 0.249 e. The van der Waals surface area contributed by atoms with Crippen LogP contribution in [0.25, 0.3) is 6.08 Å². The first-order chi connectivity index (χ1) is 12.1. The van der Waals surface area contributed by atoms with E-state index in [2.05, 4.69) is 18.3 Å². The summed E-state index contributed by atoms with van der Waals surface area (Å²) in [4.78, 5) is 13.5. The minimum absolute atomic E-state index is 0.234. The summed E-state index contributed by atoms with van der Waals surface area (Å²) < 4.78 is 0. The van der Waals surface area contributed by atoms with Crippen LogP contribution in [0.15, 0.2) is 30.3 Å². The maximum atomic E-state index is 12.2. The van der Waals surface area contributed by atoms with Gasteiger partial charge in [-0.25, -0.2) is 0 Å². The van der Waals surface area contributed by atoms with Crippen LogP contribution in [0.3, 0.4) is 0 Å². The van der Waals surface area contributed by atoms with Gasteiger partial charge in [-0.15, -0.1) is 11.3 Å². The highest BCUT2D eigenvalue weighted by molar-refractivity contribution is 7.16. The molecule has 25 heavy (non-hydrogen) atoms. The van der Waals surface area contributed by atoms with E-state index in [0.29, 0.717) is 21.5 Å². The summed E-state index contributed by atoms with van der Waals surface area (Å²) in [7, 11) is 0. The number of hydrogen-bond acceptors (Lipinski definition) is 3. The number of carbonyl (C=O) groups excluding carboxylic acids is 1. The van der Waals surface area contributed by atoms with Crippen LogP contribution < -0.4 is 5.32 Å². The monoisotopic (exact) mass is 370 g/mol. The van der Waals surface area contributed by atoms with Crippen molar-refractivity contribution in [3.63, 3.8) is 0 Å². The molecule has 2 aromatic rings. The topological polar surface area (TPSA) is 52.9 Å². The van der Waals surface area contributed by atoms with Gasteiger partial charge in [0.05, 0.1) is 5.56 Å². The third kappa shape index (κ3) is 4.12. The van der Waals surface area contributed by atoms with E-state index in [4.69, 9.17) is 11.6 Å². The zero-order valence-corrected chi connectivity index (χ0v) is 15.6. The van der Waals surface area contributed by atoms with E-state index >= 15 is 0 Å². The maximum absolute atomic E-state index is 12.2. The first-order valence-electron chi connectivity index (χ1n) is 8.40. The molecule has 3 rings (SSSR count). The quantitative estimate of drug-likeness (QED) is 0.728. The Labute approximate surface area is 156 Å². The van der Waals surface area contributed by atoms with Crippen LogP contribution in [-0.4, -0.2) is 5.91 Å². The Morgan fingerprint density at radius 2 is 2.36 bits per heavy atom. The molecule has 0 fully saturated rings. The van der Waals surface area contributed by atoms with Gasteiger partial charge in [-0.2, -0.15) is 5.26 Å². The van der Waals surface area contributed by atoms with Gasteiger partial charge in [0, 0.05) is 16.0 Å². The summed E-state index contributed by atoms with van der Waals surface area (Å²) >= 11 is 7.49. The Bertz CT molecular complexity index is 863. The van der Waals surface area contributed by atoms with E-state index in [0.717, 1.165) is 36.8 Å². The second-order valence-corrected chi connectivity index (χ2v) is 7.76. The zero-order chi connectivity index (χ0) is 17.8. The first-order valence-corrected chi connectivity index (χ1v) is 9.59. The Kier molecular flexibility index (Phi) is 5.57. The fourth-order valence-corrected chi connectivity index (χ4v) is 4.66. The maximum Gasteiger partial charge on any atom is 0.249 e. The number of nitrogens with one attached hydrogen (secondary N) is 1. The lowest BCUT2D eigenvalue weighted by Gasteiger charge is -2.20. The van der Waals surface area contributed by atoms with Crippen LogP contribution in [0, 0.1) is 17.2 Å². The minimum Gasteiger partial charge on any atom is -0.313 e. The highest BCUT2D eigenvalue weighted by Gasteiger charge is 2.25. The number of amides is 1. The molecule has 1 atom stereocenters. The lowest BCUT2D eigenvalue weighted by molar-refractivity contribution is -0.111. The summed E-state index contributed by atoms with van der Waals surface area (Å²) in [6, 6.07) is 9.58. The largest absolute Gasteiger partial charge is 0.313 e. The molecule has 0 saturated heterocycles. The van der Waals surface area contributed by atoms with Crippen LogP contribution >= 0.6 is 22.9 Å². The molecule has 5 heteroatoms. The van der Waals surface area contributed by atoms with Crippen LogP contribution in [-0.2, 0) is 17.6 Å². The third-order valence-electron chi connectivity index (χ3n) is 4.57. The van der Waals surface area contributed by atoms with Gasteiger partial charge in [-0.3, -0.25) is 4.79 Å². The highest BCUT2D eigenvalue weighted by atomic mass is 35.5. The van der Waals surface area contributed by atoms with Gasteiger partial charge in [0.2, 0.25) is 5.91 Å². The van der Waals surface area contributed by atoms with Crippen LogP contribution in [0.1, 0.15) is 41.3 Å². The Hall–Kier alpha value is -2.09. The van der Waals surface area contributed by atoms with Crippen molar-refractivity contribution in [1.82, 2.24) is 0 Å². The number of anilines is 1. The summed E-state index contributed by atoms with van der Waals surface area (Å²) in [6.07, 6.45) is 7.41. The molecule has 0 saturated carbocycles. The van der Waals surface area contributed by atoms with Gasteiger partial charge in [0.15, 0.2) is 0 Å². The van der Waals surface area contributed by atoms with Gasteiger partial charge in [-0.05, 0) is 54.5 Å². The number of nitriles is 1. The summed E-state index contributed by atoms with van der Waals surface area (Å²) in [5.74, 6) is 0.450. The summed E-state index contributed by atoms with van der Waals surface area (Å²) in [5, 5.41) is 13.7. The Morgan fingerprint density at radius 3 is 3.08 bits per heavy atom. The normalized spacial score (nSPS) is 16.4. The standard InChI is InChI=1S/C20H19ClN2OS/c1-2-13-6-8-16-17(12-22)20(25-18(16)11-13)23-19(24)9-7-14-4-3-5-15(21)10-14/h3-5,7,9-10,13H,2,6,8,11H2,1H3,(H,23,24). The van der Waals surface area contributed by atoms with Crippen molar-refractivity contribution < 1.29 is 4.79 Å². The average Bonchev–Trinajstić information content (AvgIpc) is 2.95. The first kappa shape index (κ1) is 17.7. The molecule has 1 N–H and O–H groups in total. The molecule has 0 aliphatic heterocycles. The lowest BCUT2D eigenvalue weighted by Crippen LogP contribution is -2.12. The fraction of sp³-hybridized carbons (Fsp3) is 0.300. The minimum atomic E-state index is -0.234. The molecule has 0 radical (unpaired) electrons. The van der Waals surface area contributed by atoms with Crippen molar-refractivity contribution in [2.24, 2.45) is 5.92 Å². The third-order valence-corrected chi connectivity index (χ3v) is 5.97. The predicted octanol–water partition coefficient (Wildman–Crippen LogP) is 5.44. The number of carbonyl (C=O) groups is 1. The van der Waals surface area contributed by atoms with E-state index < -0.39 is 0 Å². The van der Waals surface area contributed by atoms with Crippen LogP contribution in [0.4, 0.5) is 5.00 Å². The van der Waals surface area contributed by atoms with Crippen LogP contribution in [0.2, 0.25) is 5.02 Å². The van der Waals surface area contributed by atoms with E-state index in [1.807, 2.05) is 12.1 Å². The number of nitrogens with zero attached hydrogens (tertiary/aromatic N) is 1. The van der Waals surface area contributed by atoms with Gasteiger partial charge in [0.25, 0.3) is 0 Å². The van der Waals surface area contributed by atoms with Gasteiger partial charge < -0.3 is 5.32 Å². The zero-order valence-electron chi connectivity index (χ0n) is 14.0. The van der Waals surface area contributed by atoms with E-state index in [1.54, 1.807) is 29.5 Å². The molecule has 0 spiro atoms. The summed E-state index contributed by atoms with van der Waals surface area (Å²) in [6.45, 7) is 2.21.